The predicted octanol–water partition coefficient (Wildman–Crippen LogP) is 3.16. The molecule has 1 aliphatic carbocycles. The molecule has 0 aliphatic heterocycles. The molecule has 5 nitrogen and oxygen atoms in total. The summed E-state index contributed by atoms with van der Waals surface area (Å²) in [5.41, 5.74) is 0.646. The zero-order chi connectivity index (χ0) is 19.5. The minimum atomic E-state index is -0.0699. The first-order valence-electron chi connectivity index (χ1n) is 9.97. The molecular weight excluding hydrogens is 358 g/mol. The molecule has 27 heavy (non-hydrogen) atoms. The van der Waals surface area contributed by atoms with E-state index in [1.54, 1.807) is 0 Å². The van der Waals surface area contributed by atoms with Crippen LogP contribution in [0.2, 0.25) is 0 Å². The molecule has 0 unspecified atom stereocenters. The van der Waals surface area contributed by atoms with E-state index in [1.807, 2.05) is 38.4 Å². The molecule has 0 bridgehead atoms. The van der Waals surface area contributed by atoms with Crippen LogP contribution in [0.4, 0.5) is 0 Å². The molecule has 6 heteroatoms. The fourth-order valence-corrected chi connectivity index (χ4v) is 4.20. The Morgan fingerprint density at radius 1 is 1.11 bits per heavy atom. The number of rotatable bonds is 10. The molecule has 1 aliphatic rings. The van der Waals surface area contributed by atoms with E-state index in [0.29, 0.717) is 23.8 Å². The van der Waals surface area contributed by atoms with E-state index in [0.717, 1.165) is 24.4 Å². The van der Waals surface area contributed by atoms with E-state index in [4.69, 9.17) is 0 Å². The molecule has 1 fully saturated rings. The molecule has 0 aromatic heterocycles. The highest BCUT2D eigenvalue weighted by molar-refractivity contribution is 8.00. The van der Waals surface area contributed by atoms with Crippen molar-refractivity contribution >= 4 is 23.6 Å². The Morgan fingerprint density at radius 2 is 1.85 bits per heavy atom. The van der Waals surface area contributed by atoms with Crippen LogP contribution < -0.4 is 10.6 Å². The van der Waals surface area contributed by atoms with Gasteiger partial charge in [0.2, 0.25) is 5.91 Å². The van der Waals surface area contributed by atoms with Gasteiger partial charge in [0.25, 0.3) is 5.91 Å². The molecule has 2 N–H and O–H groups in total. The van der Waals surface area contributed by atoms with Gasteiger partial charge < -0.3 is 15.5 Å². The third kappa shape index (κ3) is 8.35. The topological polar surface area (TPSA) is 61.4 Å². The smallest absolute Gasteiger partial charge is 0.252 e. The Labute approximate surface area is 167 Å². The molecule has 0 heterocycles. The lowest BCUT2D eigenvalue weighted by Gasteiger charge is -2.21. The third-order valence-electron chi connectivity index (χ3n) is 4.87. The van der Waals surface area contributed by atoms with Gasteiger partial charge in [-0.3, -0.25) is 9.59 Å². The fourth-order valence-electron chi connectivity index (χ4n) is 3.32. The Hall–Kier alpha value is -1.53. The first kappa shape index (κ1) is 21.8. The van der Waals surface area contributed by atoms with Gasteiger partial charge in [0.15, 0.2) is 0 Å². The van der Waals surface area contributed by atoms with Crippen molar-refractivity contribution in [3.8, 4) is 0 Å². The van der Waals surface area contributed by atoms with Crippen LogP contribution in [0.3, 0.4) is 0 Å². The molecule has 1 aromatic rings. The van der Waals surface area contributed by atoms with Crippen molar-refractivity contribution in [1.29, 1.82) is 0 Å². The summed E-state index contributed by atoms with van der Waals surface area (Å²) in [5, 5.41) is 6.03. The summed E-state index contributed by atoms with van der Waals surface area (Å²) in [6.45, 7) is 2.38. The fraction of sp³-hybridized carbons (Fsp3) is 0.619. The van der Waals surface area contributed by atoms with Gasteiger partial charge in [-0.1, -0.05) is 31.4 Å². The summed E-state index contributed by atoms with van der Waals surface area (Å²) in [6, 6.07) is 7.50. The molecule has 0 radical (unpaired) electrons. The van der Waals surface area contributed by atoms with Crippen LogP contribution in [0.1, 0.15) is 48.9 Å². The second-order valence-electron chi connectivity index (χ2n) is 7.51. The van der Waals surface area contributed by atoms with Gasteiger partial charge in [-0.15, -0.1) is 11.8 Å². The van der Waals surface area contributed by atoms with Crippen molar-refractivity contribution in [2.75, 3.05) is 39.5 Å². The number of benzene rings is 1. The normalized spacial score (nSPS) is 14.9. The molecule has 0 saturated heterocycles. The number of nitrogens with one attached hydrogen (secondary N) is 2. The van der Waals surface area contributed by atoms with Crippen LogP contribution in [-0.4, -0.2) is 56.2 Å². The van der Waals surface area contributed by atoms with E-state index in [9.17, 15) is 9.59 Å². The number of hydrogen-bond donors (Lipinski definition) is 2. The maximum atomic E-state index is 12.4. The first-order valence-corrected chi connectivity index (χ1v) is 11.0. The Kier molecular flexibility index (Phi) is 9.70. The summed E-state index contributed by atoms with van der Waals surface area (Å²) in [6.07, 6.45) is 7.26. The number of carbonyl (C=O) groups excluding carboxylic acids is 2. The summed E-state index contributed by atoms with van der Waals surface area (Å²) in [7, 11) is 4.04. The van der Waals surface area contributed by atoms with E-state index >= 15 is 0 Å². The average Bonchev–Trinajstić information content (AvgIpc) is 2.68. The van der Waals surface area contributed by atoms with E-state index in [1.165, 1.54) is 43.9 Å². The quantitative estimate of drug-likeness (QED) is 0.475. The van der Waals surface area contributed by atoms with Crippen molar-refractivity contribution in [3.63, 3.8) is 0 Å². The Morgan fingerprint density at radius 3 is 2.59 bits per heavy atom. The minimum Gasteiger partial charge on any atom is -0.355 e. The molecule has 1 saturated carbocycles. The summed E-state index contributed by atoms with van der Waals surface area (Å²) < 4.78 is 0. The van der Waals surface area contributed by atoms with Crippen molar-refractivity contribution in [2.45, 2.75) is 43.4 Å². The maximum absolute atomic E-state index is 12.4. The molecule has 150 valence electrons. The summed E-state index contributed by atoms with van der Waals surface area (Å²) in [4.78, 5) is 27.6. The van der Waals surface area contributed by atoms with E-state index < -0.39 is 0 Å². The molecule has 2 rings (SSSR count). The Balaban J connectivity index is 1.76. The number of amides is 2. The third-order valence-corrected chi connectivity index (χ3v) is 5.94. The van der Waals surface area contributed by atoms with Gasteiger partial charge in [-0.05, 0) is 58.0 Å². The second kappa shape index (κ2) is 12.0. The van der Waals surface area contributed by atoms with E-state index in [-0.39, 0.29) is 11.8 Å². The van der Waals surface area contributed by atoms with Gasteiger partial charge in [0, 0.05) is 18.0 Å². The van der Waals surface area contributed by atoms with Gasteiger partial charge >= 0.3 is 0 Å². The molecule has 2 amide bonds. The van der Waals surface area contributed by atoms with E-state index in [2.05, 4.69) is 15.5 Å². The lowest BCUT2D eigenvalue weighted by Crippen LogP contribution is -2.31. The summed E-state index contributed by atoms with van der Waals surface area (Å²) in [5.74, 6) is 0.955. The van der Waals surface area contributed by atoms with Crippen molar-refractivity contribution in [3.05, 3.63) is 29.8 Å². The maximum Gasteiger partial charge on any atom is 0.252 e. The van der Waals surface area contributed by atoms with Crippen LogP contribution in [0.25, 0.3) is 0 Å². The highest BCUT2D eigenvalue weighted by Crippen LogP contribution is 2.24. The van der Waals surface area contributed by atoms with Gasteiger partial charge in [0.05, 0.1) is 11.3 Å². The van der Waals surface area contributed by atoms with Crippen molar-refractivity contribution in [2.24, 2.45) is 5.92 Å². The Bertz CT molecular complexity index is 601. The SMILES string of the molecule is CN(C)CCCNC(=O)c1ccccc1SCC(=O)NCC1CCCCC1. The number of hydrogen-bond acceptors (Lipinski definition) is 4. The highest BCUT2D eigenvalue weighted by atomic mass is 32.2. The molecule has 1 aromatic carbocycles. The number of thioether (sulfide) groups is 1. The molecule has 0 atom stereocenters. The van der Waals surface area contributed by atoms with Crippen LogP contribution >= 0.6 is 11.8 Å². The number of carbonyl (C=O) groups is 2. The highest BCUT2D eigenvalue weighted by Gasteiger charge is 2.15. The predicted molar refractivity (Wildman–Crippen MR) is 112 cm³/mol. The summed E-state index contributed by atoms with van der Waals surface area (Å²) >= 11 is 1.43. The average molecular weight is 392 g/mol. The van der Waals surface area contributed by atoms with Crippen molar-refractivity contribution in [1.82, 2.24) is 15.5 Å². The molecular formula is C21H33N3O2S. The first-order chi connectivity index (χ1) is 13.1. The second-order valence-corrected chi connectivity index (χ2v) is 8.52. The number of nitrogens with zero attached hydrogens (tertiary/aromatic N) is 1. The largest absolute Gasteiger partial charge is 0.355 e. The van der Waals surface area contributed by atoms with Crippen molar-refractivity contribution < 1.29 is 9.59 Å². The van der Waals surface area contributed by atoms with Crippen LogP contribution in [0.15, 0.2) is 29.2 Å². The molecule has 0 spiro atoms. The standard InChI is InChI=1S/C21H33N3O2S/c1-24(2)14-8-13-22-21(26)18-11-6-7-12-19(18)27-16-20(25)23-15-17-9-4-3-5-10-17/h6-7,11-12,17H,3-5,8-10,13-16H2,1-2H3,(H,22,26)(H,23,25). The van der Waals surface area contributed by atoms with Crippen LogP contribution in [0.5, 0.6) is 0 Å². The monoisotopic (exact) mass is 391 g/mol. The van der Waals surface area contributed by atoms with Crippen LogP contribution in [0, 0.1) is 5.92 Å². The zero-order valence-electron chi connectivity index (χ0n) is 16.6. The lowest BCUT2D eigenvalue weighted by molar-refractivity contribution is -0.118. The van der Waals surface area contributed by atoms with Crippen LogP contribution in [-0.2, 0) is 4.79 Å². The van der Waals surface area contributed by atoms with Gasteiger partial charge in [-0.2, -0.15) is 0 Å². The van der Waals surface area contributed by atoms with Gasteiger partial charge in [-0.25, -0.2) is 0 Å². The zero-order valence-corrected chi connectivity index (χ0v) is 17.4. The van der Waals surface area contributed by atoms with Gasteiger partial charge in [0.1, 0.15) is 0 Å². The lowest BCUT2D eigenvalue weighted by atomic mass is 9.89. The minimum absolute atomic E-state index is 0.0479.